The SMILES string of the molecule is COc1ccccc1[C@H]1C2=C(N=c3s/c(=C\c4cc(I)c(OCc5ccccc5)c(I)c4)c(=O)n31)c1ccccc1CC2. The lowest BCUT2D eigenvalue weighted by Gasteiger charge is -2.31. The largest absolute Gasteiger partial charge is 0.496 e. The number of aryl methyl sites for hydroxylation is 1. The van der Waals surface area contributed by atoms with Gasteiger partial charge in [0.15, 0.2) is 4.80 Å². The molecule has 8 heteroatoms. The van der Waals surface area contributed by atoms with E-state index in [9.17, 15) is 4.79 Å². The highest BCUT2D eigenvalue weighted by Gasteiger charge is 2.34. The van der Waals surface area contributed by atoms with Crippen LogP contribution in [0.1, 0.15) is 40.3 Å². The van der Waals surface area contributed by atoms with E-state index in [1.54, 1.807) is 7.11 Å². The molecule has 1 atom stereocenters. The van der Waals surface area contributed by atoms with Crippen LogP contribution in [0.5, 0.6) is 11.5 Å². The maximum absolute atomic E-state index is 14.2. The van der Waals surface area contributed by atoms with Crippen LogP contribution in [0.15, 0.2) is 106 Å². The van der Waals surface area contributed by atoms with Crippen molar-refractivity contribution in [3.8, 4) is 11.5 Å². The first kappa shape index (κ1) is 28.5. The number of hydrogen-bond donors (Lipinski definition) is 0. The van der Waals surface area contributed by atoms with Gasteiger partial charge in [-0.25, -0.2) is 4.99 Å². The van der Waals surface area contributed by atoms with Gasteiger partial charge in [-0.15, -0.1) is 0 Å². The van der Waals surface area contributed by atoms with Gasteiger partial charge in [-0.1, -0.05) is 84.1 Å². The first-order valence-electron chi connectivity index (χ1n) is 13.9. The number of allylic oxidation sites excluding steroid dienone is 1. The summed E-state index contributed by atoms with van der Waals surface area (Å²) in [5.41, 5.74) is 7.59. The van der Waals surface area contributed by atoms with Crippen LogP contribution in [0, 0.1) is 7.14 Å². The van der Waals surface area contributed by atoms with Crippen LogP contribution in [0.3, 0.4) is 0 Å². The van der Waals surface area contributed by atoms with E-state index in [4.69, 9.17) is 14.5 Å². The molecule has 43 heavy (non-hydrogen) atoms. The van der Waals surface area contributed by atoms with Crippen molar-refractivity contribution in [2.24, 2.45) is 4.99 Å². The van der Waals surface area contributed by atoms with Crippen molar-refractivity contribution >= 4 is 68.3 Å². The van der Waals surface area contributed by atoms with Crippen molar-refractivity contribution < 1.29 is 9.47 Å². The minimum absolute atomic E-state index is 0.0421. The number of para-hydroxylation sites is 1. The Morgan fingerprint density at radius 2 is 1.67 bits per heavy atom. The van der Waals surface area contributed by atoms with Crippen LogP contribution in [-0.2, 0) is 13.0 Å². The third-order valence-electron chi connectivity index (χ3n) is 7.85. The Labute approximate surface area is 280 Å². The highest BCUT2D eigenvalue weighted by molar-refractivity contribution is 14.1. The molecular formula is C35H26I2N2O3S. The maximum Gasteiger partial charge on any atom is 0.271 e. The molecule has 4 aromatic carbocycles. The van der Waals surface area contributed by atoms with Crippen molar-refractivity contribution in [1.82, 2.24) is 4.57 Å². The zero-order valence-corrected chi connectivity index (χ0v) is 28.4. The second-order valence-electron chi connectivity index (χ2n) is 10.4. The molecular weight excluding hydrogens is 782 g/mol. The van der Waals surface area contributed by atoms with Crippen LogP contribution in [0.25, 0.3) is 11.8 Å². The highest BCUT2D eigenvalue weighted by Crippen LogP contribution is 2.43. The van der Waals surface area contributed by atoms with E-state index in [-0.39, 0.29) is 11.6 Å². The number of hydrogen-bond acceptors (Lipinski definition) is 5. The van der Waals surface area contributed by atoms with Gasteiger partial charge >= 0.3 is 0 Å². The molecule has 2 heterocycles. The second kappa shape index (κ2) is 12.0. The summed E-state index contributed by atoms with van der Waals surface area (Å²) in [4.78, 5) is 20.1. The molecule has 0 saturated carbocycles. The van der Waals surface area contributed by atoms with Gasteiger partial charge in [0.2, 0.25) is 0 Å². The Morgan fingerprint density at radius 1 is 0.953 bits per heavy atom. The van der Waals surface area contributed by atoms with E-state index in [0.717, 1.165) is 65.0 Å². The summed E-state index contributed by atoms with van der Waals surface area (Å²) >= 11 is 6.07. The van der Waals surface area contributed by atoms with Crippen molar-refractivity contribution in [1.29, 1.82) is 0 Å². The summed E-state index contributed by atoms with van der Waals surface area (Å²) in [5, 5.41) is 0. The van der Waals surface area contributed by atoms with E-state index in [1.807, 2.05) is 47.0 Å². The number of rotatable bonds is 6. The summed E-state index contributed by atoms with van der Waals surface area (Å²) in [6, 6.07) is 30.5. The lowest BCUT2D eigenvalue weighted by atomic mass is 9.83. The van der Waals surface area contributed by atoms with Crippen LogP contribution in [-0.4, -0.2) is 11.7 Å². The molecule has 0 amide bonds. The molecule has 1 aliphatic heterocycles. The third-order valence-corrected chi connectivity index (χ3v) is 10.4. The minimum atomic E-state index is -0.285. The standard InChI is InChI=1S/C35H26I2N2O3S/c1-41-29-14-8-7-13-25(29)32-26-16-15-23-11-5-6-12-24(23)31(26)38-35-39(32)34(40)30(43-35)19-22-17-27(36)33(28(37)18-22)42-20-21-9-3-2-4-10-21/h2-14,17-19,32H,15-16,20H2,1H3/b30-19-/t32-/m0/s1. The highest BCUT2D eigenvalue weighted by atomic mass is 127. The van der Waals surface area contributed by atoms with Gasteiger partial charge in [-0.05, 0) is 105 Å². The van der Waals surface area contributed by atoms with Gasteiger partial charge in [-0.3, -0.25) is 9.36 Å². The summed E-state index contributed by atoms with van der Waals surface area (Å²) in [6.45, 7) is 0.502. The summed E-state index contributed by atoms with van der Waals surface area (Å²) in [6.07, 6.45) is 3.73. The van der Waals surface area contributed by atoms with E-state index < -0.39 is 0 Å². The number of thiazole rings is 1. The topological polar surface area (TPSA) is 52.8 Å². The molecule has 5 nitrogen and oxygen atoms in total. The van der Waals surface area contributed by atoms with Crippen LogP contribution >= 0.6 is 56.5 Å². The van der Waals surface area contributed by atoms with Crippen molar-refractivity contribution in [3.63, 3.8) is 0 Å². The molecule has 0 radical (unpaired) electrons. The van der Waals surface area contributed by atoms with Gasteiger partial charge in [-0.2, -0.15) is 0 Å². The predicted octanol–water partition coefficient (Wildman–Crippen LogP) is 7.12. The summed E-state index contributed by atoms with van der Waals surface area (Å²) < 4.78 is 16.5. The molecule has 5 aromatic rings. The second-order valence-corrected chi connectivity index (χ2v) is 13.8. The Morgan fingerprint density at radius 3 is 2.47 bits per heavy atom. The Hall–Kier alpha value is -3.22. The predicted molar refractivity (Wildman–Crippen MR) is 188 cm³/mol. The van der Waals surface area contributed by atoms with Crippen molar-refractivity contribution in [3.05, 3.63) is 151 Å². The van der Waals surface area contributed by atoms with Crippen molar-refractivity contribution in [2.75, 3.05) is 7.11 Å². The lowest BCUT2D eigenvalue weighted by molar-refractivity contribution is 0.301. The van der Waals surface area contributed by atoms with Crippen LogP contribution < -0.4 is 24.4 Å². The number of nitrogens with zero attached hydrogens (tertiary/aromatic N) is 2. The molecule has 0 saturated heterocycles. The number of halogens is 2. The number of fused-ring (bicyclic) bond motifs is 3. The van der Waals surface area contributed by atoms with Gasteiger partial charge in [0, 0.05) is 11.1 Å². The van der Waals surface area contributed by atoms with Gasteiger partial charge in [0.1, 0.15) is 18.1 Å². The molecule has 0 spiro atoms. The first-order valence-corrected chi connectivity index (χ1v) is 16.9. The van der Waals surface area contributed by atoms with Gasteiger partial charge < -0.3 is 9.47 Å². The van der Waals surface area contributed by atoms with Crippen LogP contribution in [0.4, 0.5) is 0 Å². The Balaban J connectivity index is 1.35. The molecule has 7 rings (SSSR count). The third kappa shape index (κ3) is 5.38. The Kier molecular flexibility index (Phi) is 8.00. The molecule has 2 aliphatic rings. The van der Waals surface area contributed by atoms with E-state index in [2.05, 4.69) is 99.8 Å². The lowest BCUT2D eigenvalue weighted by Crippen LogP contribution is -2.39. The first-order chi connectivity index (χ1) is 21.0. The number of benzene rings is 4. The normalized spacial score (nSPS) is 15.8. The van der Waals surface area contributed by atoms with Gasteiger partial charge in [0.05, 0.1) is 30.5 Å². The maximum atomic E-state index is 14.2. The van der Waals surface area contributed by atoms with E-state index >= 15 is 0 Å². The van der Waals surface area contributed by atoms with E-state index in [1.165, 1.54) is 16.9 Å². The monoisotopic (exact) mass is 808 g/mol. The zero-order chi connectivity index (χ0) is 29.5. The fourth-order valence-electron chi connectivity index (χ4n) is 5.87. The molecule has 0 N–H and O–H groups in total. The molecule has 1 aromatic heterocycles. The average molecular weight is 808 g/mol. The molecule has 0 unspecified atom stereocenters. The zero-order valence-electron chi connectivity index (χ0n) is 23.2. The molecule has 1 aliphatic carbocycles. The fraction of sp³-hybridized carbons (Fsp3) is 0.143. The van der Waals surface area contributed by atoms with Crippen LogP contribution in [0.2, 0.25) is 0 Å². The minimum Gasteiger partial charge on any atom is -0.496 e. The number of ether oxygens (including phenoxy) is 2. The number of aromatic nitrogens is 1. The number of methoxy groups -OCH3 is 1. The summed E-state index contributed by atoms with van der Waals surface area (Å²) in [7, 11) is 1.68. The fourth-order valence-corrected chi connectivity index (χ4v) is 9.00. The summed E-state index contributed by atoms with van der Waals surface area (Å²) in [5.74, 6) is 1.62. The van der Waals surface area contributed by atoms with Crippen molar-refractivity contribution in [2.45, 2.75) is 25.5 Å². The molecule has 0 bridgehead atoms. The van der Waals surface area contributed by atoms with E-state index in [0.29, 0.717) is 15.9 Å². The smallest absolute Gasteiger partial charge is 0.271 e. The Bertz CT molecular complexity index is 2060. The quantitative estimate of drug-likeness (QED) is 0.172. The molecule has 214 valence electrons. The van der Waals surface area contributed by atoms with Gasteiger partial charge in [0.25, 0.3) is 5.56 Å². The average Bonchev–Trinajstić information content (AvgIpc) is 3.34. The molecule has 0 fully saturated rings.